The lowest BCUT2D eigenvalue weighted by Crippen LogP contribution is -1.96. The van der Waals surface area contributed by atoms with Crippen molar-refractivity contribution in [3.8, 4) is 0 Å². The quantitative estimate of drug-likeness (QED) is 0.428. The largest absolute Gasteiger partial charge is 0.157 e. The molecule has 0 bridgehead atoms. The molecule has 96 valence electrons. The highest BCUT2D eigenvalue weighted by molar-refractivity contribution is 9.12. The maximum absolute atomic E-state index is 3.84. The van der Waals surface area contributed by atoms with Crippen LogP contribution in [0, 0.1) is 0 Å². The second-order valence-electron chi connectivity index (χ2n) is 4.04. The van der Waals surface area contributed by atoms with Crippen LogP contribution in [0.3, 0.4) is 0 Å². The molecule has 3 rings (SSSR count). The average molecular weight is 489 g/mol. The van der Waals surface area contributed by atoms with Crippen LogP contribution in [0.4, 0.5) is 0 Å². The molecule has 6 heteroatoms. The zero-order chi connectivity index (χ0) is 12.7. The molecule has 0 saturated heterocycles. The fourth-order valence-electron chi connectivity index (χ4n) is 1.97. The van der Waals surface area contributed by atoms with Gasteiger partial charge in [-0.1, -0.05) is 15.9 Å². The van der Waals surface area contributed by atoms with Gasteiger partial charge in [-0.15, -0.1) is 22.7 Å². The van der Waals surface area contributed by atoms with Gasteiger partial charge in [0, 0.05) is 15.5 Å². The van der Waals surface area contributed by atoms with Crippen molar-refractivity contribution < 1.29 is 0 Å². The van der Waals surface area contributed by atoms with E-state index in [0.717, 1.165) is 0 Å². The van der Waals surface area contributed by atoms with Crippen molar-refractivity contribution in [2.75, 3.05) is 5.75 Å². The van der Waals surface area contributed by atoms with Crippen molar-refractivity contribution in [3.05, 3.63) is 40.6 Å². The lowest BCUT2D eigenvalue weighted by molar-refractivity contribution is 1.13. The Morgan fingerprint density at radius 3 is 2.67 bits per heavy atom. The van der Waals surface area contributed by atoms with Crippen LogP contribution in [0.1, 0.15) is 25.7 Å². The minimum Gasteiger partial charge on any atom is -0.157 e. The SMILES string of the molecule is Brc1cc(C(Br)c2cc3c(s2)CCSC3)c(Br)s1. The minimum absolute atomic E-state index is 0.301. The molecule has 0 nitrogen and oxygen atoms in total. The standard InChI is InChI=1S/C12H9Br3S3/c13-10-4-7(12(15)18-10)11(14)9-3-6-5-16-2-1-8(6)17-9/h3-4,11H,1-2,5H2. The molecule has 0 saturated carbocycles. The van der Waals surface area contributed by atoms with Crippen LogP contribution in [0.25, 0.3) is 0 Å². The monoisotopic (exact) mass is 486 g/mol. The molecule has 2 aromatic heterocycles. The second kappa shape index (κ2) is 5.90. The van der Waals surface area contributed by atoms with Crippen LogP contribution in [0.2, 0.25) is 0 Å². The van der Waals surface area contributed by atoms with Gasteiger partial charge < -0.3 is 0 Å². The molecule has 0 amide bonds. The van der Waals surface area contributed by atoms with E-state index in [1.165, 1.54) is 35.9 Å². The van der Waals surface area contributed by atoms with Crippen LogP contribution in [-0.4, -0.2) is 5.75 Å². The van der Waals surface area contributed by atoms with E-state index < -0.39 is 0 Å². The van der Waals surface area contributed by atoms with E-state index in [0.29, 0.717) is 4.83 Å². The third kappa shape index (κ3) is 2.79. The molecule has 2 aromatic rings. The first kappa shape index (κ1) is 14.1. The Balaban J connectivity index is 1.94. The Hall–Kier alpha value is 1.19. The molecule has 18 heavy (non-hydrogen) atoms. The Morgan fingerprint density at radius 2 is 2.00 bits per heavy atom. The van der Waals surface area contributed by atoms with E-state index in [4.69, 9.17) is 0 Å². The Labute approximate surface area is 144 Å². The third-order valence-corrected chi connectivity index (χ3v) is 8.84. The smallest absolute Gasteiger partial charge is 0.0757 e. The highest BCUT2D eigenvalue weighted by atomic mass is 79.9. The van der Waals surface area contributed by atoms with Crippen molar-refractivity contribution in [2.45, 2.75) is 17.0 Å². The number of hydrogen-bond donors (Lipinski definition) is 0. The predicted molar refractivity (Wildman–Crippen MR) is 94.7 cm³/mol. The number of fused-ring (bicyclic) bond motifs is 1. The minimum atomic E-state index is 0.301. The van der Waals surface area contributed by atoms with E-state index >= 15 is 0 Å². The van der Waals surface area contributed by atoms with E-state index in [1.807, 2.05) is 23.1 Å². The molecule has 1 aliphatic heterocycles. The van der Waals surface area contributed by atoms with Crippen molar-refractivity contribution >= 4 is 82.2 Å². The number of thioether (sulfide) groups is 1. The van der Waals surface area contributed by atoms with Gasteiger partial charge in [-0.2, -0.15) is 11.8 Å². The highest BCUT2D eigenvalue weighted by Gasteiger charge is 2.21. The zero-order valence-electron chi connectivity index (χ0n) is 9.21. The lowest BCUT2D eigenvalue weighted by atomic mass is 10.2. The predicted octanol–water partition coefficient (Wildman–Crippen LogP) is 6.61. The fourth-order valence-corrected chi connectivity index (χ4v) is 8.48. The topological polar surface area (TPSA) is 0 Å². The summed E-state index contributed by atoms with van der Waals surface area (Å²) in [5.74, 6) is 2.45. The molecule has 0 aliphatic carbocycles. The van der Waals surface area contributed by atoms with E-state index in [1.54, 1.807) is 21.8 Å². The Kier molecular flexibility index (Phi) is 4.63. The summed E-state index contributed by atoms with van der Waals surface area (Å²) in [4.78, 5) is 3.31. The number of hydrogen-bond acceptors (Lipinski definition) is 3. The van der Waals surface area contributed by atoms with Crippen LogP contribution >= 0.6 is 82.2 Å². The number of rotatable bonds is 2. The fraction of sp³-hybridized carbons (Fsp3) is 0.333. The van der Waals surface area contributed by atoms with Gasteiger partial charge in [-0.3, -0.25) is 0 Å². The van der Waals surface area contributed by atoms with Crippen molar-refractivity contribution in [3.63, 3.8) is 0 Å². The average Bonchev–Trinajstić information content (AvgIpc) is 2.91. The van der Waals surface area contributed by atoms with E-state index in [-0.39, 0.29) is 0 Å². The number of alkyl halides is 1. The van der Waals surface area contributed by atoms with Gasteiger partial charge in [-0.05, 0) is 67.3 Å². The molecule has 1 aliphatic rings. The van der Waals surface area contributed by atoms with Gasteiger partial charge in [0.15, 0.2) is 0 Å². The highest BCUT2D eigenvalue weighted by Crippen LogP contribution is 2.45. The van der Waals surface area contributed by atoms with Crippen LogP contribution < -0.4 is 0 Å². The van der Waals surface area contributed by atoms with Crippen molar-refractivity contribution in [1.82, 2.24) is 0 Å². The molecular weight excluding hydrogens is 480 g/mol. The third-order valence-electron chi connectivity index (χ3n) is 2.85. The first-order chi connectivity index (χ1) is 8.65. The van der Waals surface area contributed by atoms with E-state index in [2.05, 4.69) is 59.9 Å². The molecule has 1 unspecified atom stereocenters. The summed E-state index contributed by atoms with van der Waals surface area (Å²) in [6.45, 7) is 0. The van der Waals surface area contributed by atoms with Gasteiger partial charge in [-0.25, -0.2) is 0 Å². The van der Waals surface area contributed by atoms with Gasteiger partial charge in [0.05, 0.1) is 12.4 Å². The van der Waals surface area contributed by atoms with Gasteiger partial charge in [0.25, 0.3) is 0 Å². The van der Waals surface area contributed by atoms with Crippen LogP contribution in [0.5, 0.6) is 0 Å². The van der Waals surface area contributed by atoms with Gasteiger partial charge in [0.2, 0.25) is 0 Å². The second-order valence-corrected chi connectivity index (χ2v) is 11.0. The summed E-state index contributed by atoms with van der Waals surface area (Å²) < 4.78 is 2.38. The van der Waals surface area contributed by atoms with E-state index in [9.17, 15) is 0 Å². The first-order valence-corrected chi connectivity index (χ1v) is 10.7. The maximum Gasteiger partial charge on any atom is 0.0757 e. The summed E-state index contributed by atoms with van der Waals surface area (Å²) in [5, 5.41) is 0. The van der Waals surface area contributed by atoms with Gasteiger partial charge >= 0.3 is 0 Å². The Morgan fingerprint density at radius 1 is 1.17 bits per heavy atom. The molecule has 0 N–H and O–H groups in total. The van der Waals surface area contributed by atoms with Crippen molar-refractivity contribution in [1.29, 1.82) is 0 Å². The molecule has 0 fully saturated rings. The summed E-state index contributed by atoms with van der Waals surface area (Å²) in [6.07, 6.45) is 1.24. The van der Waals surface area contributed by atoms with Crippen LogP contribution in [-0.2, 0) is 12.2 Å². The number of aryl methyl sites for hydroxylation is 1. The molecular formula is C12H9Br3S3. The summed E-state index contributed by atoms with van der Waals surface area (Å²) >= 11 is 16.8. The summed E-state index contributed by atoms with van der Waals surface area (Å²) in [5.41, 5.74) is 2.86. The molecule has 0 aromatic carbocycles. The molecule has 0 radical (unpaired) electrons. The number of halogens is 3. The van der Waals surface area contributed by atoms with Gasteiger partial charge in [0.1, 0.15) is 0 Å². The van der Waals surface area contributed by atoms with Crippen LogP contribution in [0.15, 0.2) is 19.7 Å². The van der Waals surface area contributed by atoms with Crippen molar-refractivity contribution in [2.24, 2.45) is 0 Å². The lowest BCUT2D eigenvalue weighted by Gasteiger charge is -2.08. The maximum atomic E-state index is 3.84. The summed E-state index contributed by atoms with van der Waals surface area (Å²) in [6, 6.07) is 4.57. The Bertz CT molecular complexity index is 550. The normalized spacial score (nSPS) is 16.6. The molecule has 3 heterocycles. The first-order valence-electron chi connectivity index (χ1n) is 5.43. The zero-order valence-corrected chi connectivity index (χ0v) is 16.4. The summed E-state index contributed by atoms with van der Waals surface area (Å²) in [7, 11) is 0. The molecule has 0 spiro atoms. The number of thiophene rings is 2. The molecule has 1 atom stereocenters.